The number of rotatable bonds is 4. The summed E-state index contributed by atoms with van der Waals surface area (Å²) in [6, 6.07) is 8.13. The van der Waals surface area contributed by atoms with Gasteiger partial charge in [-0.2, -0.15) is 0 Å². The fraction of sp³-hybridized carbons (Fsp3) is 0.500. The van der Waals surface area contributed by atoms with Gasteiger partial charge in [0.2, 0.25) is 5.91 Å². The summed E-state index contributed by atoms with van der Waals surface area (Å²) < 4.78 is 6.16. The minimum atomic E-state index is -0.254. The highest BCUT2D eigenvalue weighted by Gasteiger charge is 2.47. The Morgan fingerprint density at radius 3 is 2.87 bits per heavy atom. The number of nitrogens with one attached hydrogen (secondary N) is 3. The van der Waals surface area contributed by atoms with Crippen molar-refractivity contribution in [2.45, 2.75) is 44.2 Å². The Labute approximate surface area is 175 Å². The van der Waals surface area contributed by atoms with Crippen molar-refractivity contribution in [3.05, 3.63) is 41.9 Å². The van der Waals surface area contributed by atoms with E-state index in [1.807, 2.05) is 12.1 Å². The first-order valence-electron chi connectivity index (χ1n) is 10.7. The SMILES string of the molecule is CC1(Oc2ccc3c(c2)C(c2cc(N4CCC5(CCNC5=O)C4)ncn2)NN3)CC1. The number of hydrogen-bond donors (Lipinski definition) is 3. The maximum atomic E-state index is 12.3. The number of hydrazine groups is 1. The number of carbonyl (C=O) groups is 1. The number of anilines is 2. The van der Waals surface area contributed by atoms with Gasteiger partial charge in [-0.3, -0.25) is 4.79 Å². The highest BCUT2D eigenvalue weighted by molar-refractivity contribution is 5.86. The summed E-state index contributed by atoms with van der Waals surface area (Å²) in [7, 11) is 0. The standard InChI is InChI=1S/C22H26N6O2/c1-21(4-5-21)30-14-2-3-16-15(10-14)19(27-26-16)17-11-18(25-13-24-17)28-9-7-22(12-28)6-8-23-20(22)29/h2-3,10-11,13,19,26-27H,4-9,12H2,1H3,(H,23,29). The van der Waals surface area contributed by atoms with Crippen LogP contribution in [0.15, 0.2) is 30.6 Å². The summed E-state index contributed by atoms with van der Waals surface area (Å²) in [5.41, 5.74) is 9.39. The number of benzene rings is 1. The van der Waals surface area contributed by atoms with Crippen molar-refractivity contribution in [1.29, 1.82) is 0 Å². The van der Waals surface area contributed by atoms with E-state index in [0.717, 1.165) is 73.8 Å². The molecule has 8 heteroatoms. The van der Waals surface area contributed by atoms with Crippen molar-refractivity contribution in [1.82, 2.24) is 20.7 Å². The summed E-state index contributed by atoms with van der Waals surface area (Å²) in [6.07, 6.45) is 5.62. The Morgan fingerprint density at radius 2 is 2.07 bits per heavy atom. The number of fused-ring (bicyclic) bond motifs is 1. The molecule has 3 aliphatic heterocycles. The monoisotopic (exact) mass is 406 g/mol. The average Bonchev–Trinajstić information content (AvgIpc) is 3.13. The van der Waals surface area contributed by atoms with E-state index in [0.29, 0.717) is 0 Å². The van der Waals surface area contributed by atoms with Crippen molar-refractivity contribution >= 4 is 17.4 Å². The van der Waals surface area contributed by atoms with Crippen molar-refractivity contribution in [2.75, 3.05) is 30.0 Å². The Hall–Kier alpha value is -2.87. The third kappa shape index (κ3) is 2.89. The number of carbonyl (C=O) groups excluding carboxylic acids is 1. The zero-order valence-corrected chi connectivity index (χ0v) is 17.1. The predicted molar refractivity (Wildman–Crippen MR) is 112 cm³/mol. The first kappa shape index (κ1) is 17.9. The molecule has 2 saturated heterocycles. The van der Waals surface area contributed by atoms with E-state index < -0.39 is 0 Å². The van der Waals surface area contributed by atoms with E-state index in [1.165, 1.54) is 0 Å². The predicted octanol–water partition coefficient (Wildman–Crippen LogP) is 2.14. The van der Waals surface area contributed by atoms with Gasteiger partial charge in [0, 0.05) is 31.3 Å². The van der Waals surface area contributed by atoms with E-state index in [-0.39, 0.29) is 23.0 Å². The number of ether oxygens (including phenoxy) is 1. The molecule has 2 aromatic rings. The van der Waals surface area contributed by atoms with Crippen LogP contribution in [-0.2, 0) is 4.79 Å². The van der Waals surface area contributed by atoms with E-state index in [2.05, 4.69) is 50.1 Å². The van der Waals surface area contributed by atoms with Crippen LogP contribution in [0.25, 0.3) is 0 Å². The minimum absolute atomic E-state index is 0.0104. The highest BCUT2D eigenvalue weighted by Crippen LogP contribution is 2.43. The number of nitrogens with zero attached hydrogens (tertiary/aromatic N) is 3. The second-order valence-electron chi connectivity index (χ2n) is 9.26. The molecular formula is C22H26N6O2. The van der Waals surface area contributed by atoms with E-state index >= 15 is 0 Å². The van der Waals surface area contributed by atoms with Gasteiger partial charge >= 0.3 is 0 Å². The molecular weight excluding hydrogens is 380 g/mol. The van der Waals surface area contributed by atoms with Gasteiger partial charge in [0.05, 0.1) is 22.8 Å². The largest absolute Gasteiger partial charge is 0.488 e. The molecule has 156 valence electrons. The Balaban J connectivity index is 1.26. The molecule has 1 amide bonds. The third-order valence-electron chi connectivity index (χ3n) is 7.02. The lowest BCUT2D eigenvalue weighted by molar-refractivity contribution is -0.126. The van der Waals surface area contributed by atoms with Crippen LogP contribution in [0.3, 0.4) is 0 Å². The molecule has 30 heavy (non-hydrogen) atoms. The molecule has 0 radical (unpaired) electrons. The highest BCUT2D eigenvalue weighted by atomic mass is 16.5. The van der Waals surface area contributed by atoms with Gasteiger partial charge in [0.25, 0.3) is 0 Å². The van der Waals surface area contributed by atoms with Gasteiger partial charge < -0.3 is 20.4 Å². The van der Waals surface area contributed by atoms with Crippen LogP contribution in [0.5, 0.6) is 5.75 Å². The lowest BCUT2D eigenvalue weighted by Crippen LogP contribution is -2.34. The molecule has 1 aliphatic carbocycles. The van der Waals surface area contributed by atoms with E-state index in [9.17, 15) is 4.79 Å². The summed E-state index contributed by atoms with van der Waals surface area (Å²) in [5.74, 6) is 1.96. The molecule has 1 saturated carbocycles. The summed E-state index contributed by atoms with van der Waals surface area (Å²) in [4.78, 5) is 23.6. The molecule has 1 aromatic heterocycles. The quantitative estimate of drug-likeness (QED) is 0.717. The van der Waals surface area contributed by atoms with Crippen LogP contribution in [0, 0.1) is 5.41 Å². The summed E-state index contributed by atoms with van der Waals surface area (Å²) in [5, 5.41) is 2.99. The molecule has 6 rings (SSSR count). The van der Waals surface area contributed by atoms with Gasteiger partial charge in [-0.25, -0.2) is 15.4 Å². The lowest BCUT2D eigenvalue weighted by Gasteiger charge is -2.22. The molecule has 1 spiro atoms. The van der Waals surface area contributed by atoms with E-state index in [4.69, 9.17) is 4.74 Å². The molecule has 2 unspecified atom stereocenters. The number of aromatic nitrogens is 2. The third-order valence-corrected chi connectivity index (χ3v) is 7.02. The second-order valence-corrected chi connectivity index (χ2v) is 9.26. The van der Waals surface area contributed by atoms with Gasteiger partial charge in [-0.1, -0.05) is 0 Å². The molecule has 2 atom stereocenters. The number of hydrogen-bond acceptors (Lipinski definition) is 7. The first-order chi connectivity index (χ1) is 14.5. The lowest BCUT2D eigenvalue weighted by atomic mass is 9.86. The minimum Gasteiger partial charge on any atom is -0.488 e. The smallest absolute Gasteiger partial charge is 0.228 e. The average molecular weight is 406 g/mol. The van der Waals surface area contributed by atoms with Crippen LogP contribution >= 0.6 is 0 Å². The maximum absolute atomic E-state index is 12.3. The van der Waals surface area contributed by atoms with Gasteiger partial charge in [0.15, 0.2) is 0 Å². The van der Waals surface area contributed by atoms with Crippen LogP contribution in [0.4, 0.5) is 11.5 Å². The number of amides is 1. The van der Waals surface area contributed by atoms with Crippen molar-refractivity contribution in [3.63, 3.8) is 0 Å². The summed E-state index contributed by atoms with van der Waals surface area (Å²) in [6.45, 7) is 4.49. The van der Waals surface area contributed by atoms with Crippen LogP contribution < -0.4 is 25.8 Å². The van der Waals surface area contributed by atoms with Crippen molar-refractivity contribution in [2.24, 2.45) is 5.41 Å². The van der Waals surface area contributed by atoms with Crippen molar-refractivity contribution in [3.8, 4) is 5.75 Å². The molecule has 3 N–H and O–H groups in total. The first-order valence-corrected chi connectivity index (χ1v) is 10.7. The molecule has 4 aliphatic rings. The van der Waals surface area contributed by atoms with Gasteiger partial charge in [0.1, 0.15) is 23.5 Å². The Bertz CT molecular complexity index is 1020. The van der Waals surface area contributed by atoms with Gasteiger partial charge in [-0.15, -0.1) is 0 Å². The fourth-order valence-corrected chi connectivity index (χ4v) is 4.85. The fourth-order valence-electron chi connectivity index (χ4n) is 4.85. The second kappa shape index (κ2) is 6.31. The zero-order chi connectivity index (χ0) is 20.3. The van der Waals surface area contributed by atoms with E-state index in [1.54, 1.807) is 6.33 Å². The Morgan fingerprint density at radius 1 is 1.17 bits per heavy atom. The van der Waals surface area contributed by atoms with Crippen LogP contribution in [-0.4, -0.2) is 41.1 Å². The summed E-state index contributed by atoms with van der Waals surface area (Å²) >= 11 is 0. The maximum Gasteiger partial charge on any atom is 0.228 e. The molecule has 4 heterocycles. The normalized spacial score (nSPS) is 28.4. The van der Waals surface area contributed by atoms with Crippen LogP contribution in [0.2, 0.25) is 0 Å². The molecule has 0 bridgehead atoms. The molecule has 1 aromatic carbocycles. The molecule has 8 nitrogen and oxygen atoms in total. The topological polar surface area (TPSA) is 91.4 Å². The zero-order valence-electron chi connectivity index (χ0n) is 17.1. The van der Waals surface area contributed by atoms with Gasteiger partial charge in [-0.05, 0) is 50.8 Å². The Kier molecular flexibility index (Phi) is 3.78. The molecule has 3 fully saturated rings. The van der Waals surface area contributed by atoms with Crippen LogP contribution in [0.1, 0.15) is 49.9 Å². The van der Waals surface area contributed by atoms with Crippen molar-refractivity contribution < 1.29 is 9.53 Å².